The molecule has 1 aliphatic rings. The molecule has 0 fully saturated rings. The molecule has 0 heterocycles. The first kappa shape index (κ1) is 17.1. The Morgan fingerprint density at radius 1 is 0.607 bits per heavy atom. The van der Waals surface area contributed by atoms with E-state index >= 15 is 0 Å². The molecular weight excluding hydrogens is 348 g/mol. The second-order valence-corrected chi connectivity index (χ2v) is 6.27. The second-order valence-electron chi connectivity index (χ2n) is 6.27. The highest BCUT2D eigenvalue weighted by atomic mass is 16.2. The van der Waals surface area contributed by atoms with Gasteiger partial charge in [0.1, 0.15) is 17.7 Å². The number of hydrogen-bond donors (Lipinski definition) is 0. The van der Waals surface area contributed by atoms with E-state index in [1.807, 2.05) is 72.8 Å². The summed E-state index contributed by atoms with van der Waals surface area (Å²) in [5.41, 5.74) is 2.49. The van der Waals surface area contributed by atoms with Gasteiger partial charge in [0, 0.05) is 11.1 Å². The van der Waals surface area contributed by atoms with Crippen molar-refractivity contribution in [2.24, 2.45) is 0 Å². The van der Waals surface area contributed by atoms with Crippen LogP contribution in [-0.2, 0) is 0 Å². The third kappa shape index (κ3) is 2.53. The molecule has 0 saturated heterocycles. The van der Waals surface area contributed by atoms with Gasteiger partial charge in [0.2, 0.25) is 0 Å². The van der Waals surface area contributed by atoms with Crippen molar-refractivity contribution in [3.8, 4) is 34.4 Å². The van der Waals surface area contributed by atoms with Crippen LogP contribution in [0.4, 0.5) is 0 Å². The minimum Gasteiger partial charge on any atom is -0.288 e. The Kier molecular flexibility index (Phi) is 4.16. The summed E-state index contributed by atoms with van der Waals surface area (Å²) in [4.78, 5) is 26.3. The van der Waals surface area contributed by atoms with E-state index in [2.05, 4.69) is 0 Å². The van der Waals surface area contributed by atoms with E-state index in [9.17, 15) is 20.1 Å². The summed E-state index contributed by atoms with van der Waals surface area (Å²) < 4.78 is 0. The highest BCUT2D eigenvalue weighted by Crippen LogP contribution is 2.41. The van der Waals surface area contributed by atoms with E-state index in [1.165, 1.54) is 0 Å². The van der Waals surface area contributed by atoms with Gasteiger partial charge in [-0.1, -0.05) is 72.8 Å². The van der Waals surface area contributed by atoms with Crippen LogP contribution in [0, 0.1) is 22.7 Å². The van der Waals surface area contributed by atoms with Gasteiger partial charge in [-0.15, -0.1) is 0 Å². The van der Waals surface area contributed by atoms with E-state index in [0.29, 0.717) is 11.1 Å². The summed E-state index contributed by atoms with van der Waals surface area (Å²) in [5.74, 6) is -1.15. The molecule has 0 aliphatic heterocycles. The molecule has 4 rings (SSSR count). The fourth-order valence-electron chi connectivity index (χ4n) is 3.51. The summed E-state index contributed by atoms with van der Waals surface area (Å²) >= 11 is 0. The number of benzene rings is 3. The van der Waals surface area contributed by atoms with Crippen LogP contribution in [0.5, 0.6) is 0 Å². The zero-order chi connectivity index (χ0) is 19.7. The average Bonchev–Trinajstić information content (AvgIpc) is 3.01. The van der Waals surface area contributed by atoms with Gasteiger partial charge in [0.25, 0.3) is 0 Å². The number of allylic oxidation sites excluding steroid dienone is 2. The summed E-state index contributed by atoms with van der Waals surface area (Å²) in [6, 6.07) is 25.5. The number of carbonyl (C=O) groups is 2. The lowest BCUT2D eigenvalue weighted by atomic mass is 9.90. The SMILES string of the molecule is N#CC(C#N)=C1C(=O)c2c(-c3ccccc3)ccc(-c3ccccc3)c2C1=O. The molecule has 3 aromatic carbocycles. The van der Waals surface area contributed by atoms with Crippen LogP contribution >= 0.6 is 0 Å². The average molecular weight is 360 g/mol. The van der Waals surface area contributed by atoms with Gasteiger partial charge in [-0.3, -0.25) is 9.59 Å². The lowest BCUT2D eigenvalue weighted by Gasteiger charge is -2.12. The Balaban J connectivity index is 2.09. The van der Waals surface area contributed by atoms with Crippen LogP contribution < -0.4 is 0 Å². The van der Waals surface area contributed by atoms with Crippen molar-refractivity contribution >= 4 is 11.6 Å². The van der Waals surface area contributed by atoms with Crippen molar-refractivity contribution in [2.75, 3.05) is 0 Å². The number of carbonyl (C=O) groups excluding carboxylic acids is 2. The molecular formula is C24H12N2O2. The van der Waals surface area contributed by atoms with Crippen LogP contribution in [0.1, 0.15) is 20.7 Å². The van der Waals surface area contributed by atoms with E-state index in [0.717, 1.165) is 11.1 Å². The third-order valence-corrected chi connectivity index (χ3v) is 4.76. The van der Waals surface area contributed by atoms with Gasteiger partial charge in [-0.05, 0) is 22.3 Å². The minimum atomic E-state index is -0.574. The predicted molar refractivity (Wildman–Crippen MR) is 104 cm³/mol. The topological polar surface area (TPSA) is 81.7 Å². The minimum absolute atomic E-state index is 0.246. The monoisotopic (exact) mass is 360 g/mol. The van der Waals surface area contributed by atoms with Crippen LogP contribution in [0.2, 0.25) is 0 Å². The maximum Gasteiger partial charge on any atom is 0.200 e. The van der Waals surface area contributed by atoms with E-state index in [4.69, 9.17) is 0 Å². The number of ketones is 2. The molecule has 4 heteroatoms. The number of rotatable bonds is 2. The maximum absolute atomic E-state index is 13.2. The van der Waals surface area contributed by atoms with E-state index in [-0.39, 0.29) is 16.7 Å². The maximum atomic E-state index is 13.2. The first-order valence-electron chi connectivity index (χ1n) is 8.59. The van der Waals surface area contributed by atoms with Crippen molar-refractivity contribution in [1.82, 2.24) is 0 Å². The van der Waals surface area contributed by atoms with Crippen LogP contribution in [-0.4, -0.2) is 11.6 Å². The molecule has 0 bridgehead atoms. The molecule has 0 saturated carbocycles. The van der Waals surface area contributed by atoms with Crippen molar-refractivity contribution in [1.29, 1.82) is 10.5 Å². The summed E-state index contributed by atoms with van der Waals surface area (Å²) in [6.45, 7) is 0. The molecule has 0 N–H and O–H groups in total. The Morgan fingerprint density at radius 3 is 1.36 bits per heavy atom. The second kappa shape index (κ2) is 6.79. The number of Topliss-reactive ketones (excluding diaryl/α,β-unsaturated/α-hetero) is 2. The molecule has 130 valence electrons. The zero-order valence-corrected chi connectivity index (χ0v) is 14.6. The quantitative estimate of drug-likeness (QED) is 0.375. The van der Waals surface area contributed by atoms with Crippen molar-refractivity contribution in [3.63, 3.8) is 0 Å². The molecule has 4 nitrogen and oxygen atoms in total. The summed E-state index contributed by atoms with van der Waals surface area (Å²) in [7, 11) is 0. The van der Waals surface area contributed by atoms with Crippen LogP contribution in [0.15, 0.2) is 83.9 Å². The zero-order valence-electron chi connectivity index (χ0n) is 14.6. The normalized spacial score (nSPS) is 12.3. The number of hydrogen-bond acceptors (Lipinski definition) is 4. The molecule has 28 heavy (non-hydrogen) atoms. The lowest BCUT2D eigenvalue weighted by Crippen LogP contribution is -2.04. The van der Waals surface area contributed by atoms with Crippen molar-refractivity contribution in [2.45, 2.75) is 0 Å². The fourth-order valence-corrected chi connectivity index (χ4v) is 3.51. The first-order chi connectivity index (χ1) is 13.7. The Morgan fingerprint density at radius 2 is 1.00 bits per heavy atom. The smallest absolute Gasteiger partial charge is 0.200 e. The number of nitrogens with zero attached hydrogens (tertiary/aromatic N) is 2. The van der Waals surface area contributed by atoms with Gasteiger partial charge in [-0.25, -0.2) is 0 Å². The fraction of sp³-hybridized carbons (Fsp3) is 0. The van der Waals surface area contributed by atoms with Gasteiger partial charge in [-0.2, -0.15) is 10.5 Å². The van der Waals surface area contributed by atoms with Gasteiger partial charge in [0.05, 0.1) is 5.57 Å². The van der Waals surface area contributed by atoms with Crippen molar-refractivity contribution in [3.05, 3.63) is 95.1 Å². The Labute approximate surface area is 161 Å². The molecule has 0 unspecified atom stereocenters. The Bertz CT molecular complexity index is 1150. The van der Waals surface area contributed by atoms with Crippen LogP contribution in [0.25, 0.3) is 22.3 Å². The molecule has 0 atom stereocenters. The largest absolute Gasteiger partial charge is 0.288 e. The predicted octanol–water partition coefficient (Wildman–Crippen LogP) is 4.74. The highest BCUT2D eigenvalue weighted by Gasteiger charge is 2.40. The van der Waals surface area contributed by atoms with E-state index in [1.54, 1.807) is 12.1 Å². The van der Waals surface area contributed by atoms with Gasteiger partial charge < -0.3 is 0 Å². The van der Waals surface area contributed by atoms with Crippen LogP contribution in [0.3, 0.4) is 0 Å². The summed E-state index contributed by atoms with van der Waals surface area (Å²) in [6.07, 6.45) is 0. The molecule has 0 spiro atoms. The molecule has 0 radical (unpaired) electrons. The van der Waals surface area contributed by atoms with E-state index < -0.39 is 17.1 Å². The highest BCUT2D eigenvalue weighted by molar-refractivity contribution is 6.43. The molecule has 0 aromatic heterocycles. The third-order valence-electron chi connectivity index (χ3n) is 4.76. The standard InChI is InChI=1S/C24H12N2O2/c25-13-17(14-26)20-23(27)21-18(15-7-3-1-4-8-15)11-12-19(22(21)24(20)28)16-9-5-2-6-10-16/h1-12H. The lowest BCUT2D eigenvalue weighted by molar-refractivity contribution is 0.0988. The van der Waals surface area contributed by atoms with Gasteiger partial charge in [0.15, 0.2) is 11.6 Å². The summed E-state index contributed by atoms with van der Waals surface area (Å²) in [5, 5.41) is 18.5. The Hall–Kier alpha value is -4.28. The molecule has 1 aliphatic carbocycles. The number of nitriles is 2. The molecule has 3 aromatic rings. The van der Waals surface area contributed by atoms with Crippen molar-refractivity contribution < 1.29 is 9.59 Å². The van der Waals surface area contributed by atoms with Gasteiger partial charge >= 0.3 is 0 Å². The molecule has 0 amide bonds. The number of fused-ring (bicyclic) bond motifs is 1. The first-order valence-corrected chi connectivity index (χ1v) is 8.59.